The van der Waals surface area contributed by atoms with E-state index in [1.165, 1.54) is 10.9 Å². The Morgan fingerprint density at radius 3 is 2.79 bits per heavy atom. The van der Waals surface area contributed by atoms with Gasteiger partial charge in [-0.15, -0.1) is 6.58 Å². The summed E-state index contributed by atoms with van der Waals surface area (Å²) in [6.07, 6.45) is 2.74. The van der Waals surface area contributed by atoms with E-state index < -0.39 is 46.4 Å². The van der Waals surface area contributed by atoms with Gasteiger partial charge in [-0.2, -0.15) is 0 Å². The summed E-state index contributed by atoms with van der Waals surface area (Å²) in [5.41, 5.74) is 0.184. The number of rotatable bonds is 5. The Balaban J connectivity index is 1.42. The van der Waals surface area contributed by atoms with Crippen molar-refractivity contribution < 1.29 is 29.2 Å². The lowest BCUT2D eigenvalue weighted by atomic mass is 9.41. The number of aliphatic hydroxyl groups is 2. The van der Waals surface area contributed by atoms with Gasteiger partial charge in [0.15, 0.2) is 17.7 Å². The van der Waals surface area contributed by atoms with Crippen LogP contribution >= 0.6 is 0 Å². The molecule has 1 spiro atoms. The van der Waals surface area contributed by atoms with E-state index in [1.54, 1.807) is 12.2 Å². The first-order valence-corrected chi connectivity index (χ1v) is 14.1. The number of para-hydroxylation sites is 1. The van der Waals surface area contributed by atoms with E-state index in [0.717, 1.165) is 17.6 Å². The molecule has 2 aromatic rings. The molecule has 3 aliphatic carbocycles. The predicted octanol–water partition coefficient (Wildman–Crippen LogP) is 3.37. The third-order valence-electron chi connectivity index (χ3n) is 11.0. The molecule has 39 heavy (non-hydrogen) atoms. The lowest BCUT2D eigenvalue weighted by Gasteiger charge is -2.67. The molecular formula is C31H38N2O6. The maximum Gasteiger partial charge on any atom is 0.214 e. The summed E-state index contributed by atoms with van der Waals surface area (Å²) < 4.78 is 19.2. The Morgan fingerprint density at radius 2 is 2.03 bits per heavy atom. The largest absolute Gasteiger partial charge is 0.382 e. The molecule has 2 saturated carbocycles. The van der Waals surface area contributed by atoms with Crippen molar-refractivity contribution in [1.29, 1.82) is 0 Å². The monoisotopic (exact) mass is 534 g/mol. The van der Waals surface area contributed by atoms with Crippen LogP contribution in [0, 0.1) is 11.3 Å². The number of H-pyrrole nitrogens is 1. The lowest BCUT2D eigenvalue weighted by Crippen LogP contribution is -2.75. The van der Waals surface area contributed by atoms with E-state index in [2.05, 4.69) is 48.9 Å². The first-order chi connectivity index (χ1) is 18.4. The maximum atomic E-state index is 13.4. The molecule has 3 fully saturated rings. The Bertz CT molecular complexity index is 1430. The van der Waals surface area contributed by atoms with Crippen molar-refractivity contribution >= 4 is 16.7 Å². The first-order valence-electron chi connectivity index (χ1n) is 14.1. The summed E-state index contributed by atoms with van der Waals surface area (Å²) in [7, 11) is 0. The van der Waals surface area contributed by atoms with Crippen LogP contribution in [-0.2, 0) is 30.8 Å². The number of hydrogen-bond acceptors (Lipinski definition) is 7. The second kappa shape index (κ2) is 7.90. The topological polar surface area (TPSA) is 113 Å². The van der Waals surface area contributed by atoms with Gasteiger partial charge in [-0.3, -0.25) is 10.1 Å². The molecule has 2 aliphatic heterocycles. The molecular weight excluding hydrogens is 496 g/mol. The zero-order valence-electron chi connectivity index (χ0n) is 23.0. The van der Waals surface area contributed by atoms with Gasteiger partial charge < -0.3 is 29.4 Å². The Hall–Kier alpha value is -2.33. The van der Waals surface area contributed by atoms with Crippen LogP contribution in [0.25, 0.3) is 10.9 Å². The van der Waals surface area contributed by atoms with E-state index >= 15 is 0 Å². The minimum Gasteiger partial charge on any atom is -0.382 e. The number of aliphatic hydroxyl groups excluding tert-OH is 1. The normalized spacial score (nSPS) is 42.4. The number of aromatic nitrogens is 1. The molecule has 1 aromatic heterocycles. The van der Waals surface area contributed by atoms with Crippen molar-refractivity contribution in [2.24, 2.45) is 11.3 Å². The van der Waals surface area contributed by atoms with Crippen molar-refractivity contribution in [1.82, 2.24) is 10.3 Å². The number of benzene rings is 1. The highest BCUT2D eigenvalue weighted by Gasteiger charge is 2.78. The minimum absolute atomic E-state index is 0.147. The molecule has 8 heteroatoms. The number of hydrogen-bond donors (Lipinski definition) is 4. The zero-order chi connectivity index (χ0) is 27.6. The average Bonchev–Trinajstić information content (AvgIpc) is 3.48. The molecule has 7 rings (SSSR count). The van der Waals surface area contributed by atoms with Crippen LogP contribution in [0.3, 0.4) is 0 Å². The standard InChI is InChI=1S/C31H38N2O6/c1-6-13-32-26(35)37-23-15-17-14-19-18-9-7-8-10-20(18)33-24(19)29(17,5)28(4)11-12-30-22(31(23,28)36)16-21(34)25(38-30)27(2,3)39-30/h6-10,16-17,23,25-26,32-33,35-36H,1,11-15H2,2-5H3/t17-,23+,25+,26?,28-,29-,30+,31+/m1/s1. The van der Waals surface area contributed by atoms with Crippen LogP contribution in [0.2, 0.25) is 0 Å². The lowest BCUT2D eigenvalue weighted by molar-refractivity contribution is -0.302. The molecule has 3 heterocycles. The zero-order valence-corrected chi connectivity index (χ0v) is 23.0. The van der Waals surface area contributed by atoms with Crippen molar-refractivity contribution in [2.45, 2.75) is 94.4 Å². The van der Waals surface area contributed by atoms with Crippen molar-refractivity contribution in [3.63, 3.8) is 0 Å². The van der Waals surface area contributed by atoms with Gasteiger partial charge in [0.25, 0.3) is 0 Å². The van der Waals surface area contributed by atoms with Gasteiger partial charge in [-0.25, -0.2) is 0 Å². The summed E-state index contributed by atoms with van der Waals surface area (Å²) in [5.74, 6) is -1.29. The molecule has 8 nitrogen and oxygen atoms in total. The molecule has 1 aromatic carbocycles. The SMILES string of the molecule is C=CCNC(O)O[C@H]1C[C@H]2Cc3c([nH]c4ccccc34)[C@]2(C)[C@@]2(C)CC[C@@]34O[C@@H](C(=O)C=C3[C@]12O)C(C)(C)O4. The van der Waals surface area contributed by atoms with Crippen LogP contribution in [0.15, 0.2) is 48.6 Å². The number of carbonyl (C=O) groups excluding carboxylic acids is 1. The van der Waals surface area contributed by atoms with Gasteiger partial charge in [0, 0.05) is 46.0 Å². The smallest absolute Gasteiger partial charge is 0.214 e. The number of ether oxygens (including phenoxy) is 3. The molecule has 8 atom stereocenters. The van der Waals surface area contributed by atoms with Crippen LogP contribution in [0.4, 0.5) is 0 Å². The summed E-state index contributed by atoms with van der Waals surface area (Å²) in [6, 6.07) is 8.33. The summed E-state index contributed by atoms with van der Waals surface area (Å²) in [5, 5.41) is 28.1. The number of aromatic amines is 1. The summed E-state index contributed by atoms with van der Waals surface area (Å²) >= 11 is 0. The summed E-state index contributed by atoms with van der Waals surface area (Å²) in [4.78, 5) is 17.1. The number of fused-ring (bicyclic) bond motifs is 9. The minimum atomic E-state index is -1.66. The van der Waals surface area contributed by atoms with Crippen LogP contribution in [0.1, 0.15) is 58.2 Å². The van der Waals surface area contributed by atoms with Gasteiger partial charge in [-0.1, -0.05) is 38.1 Å². The van der Waals surface area contributed by atoms with Gasteiger partial charge in [0.05, 0.1) is 6.10 Å². The van der Waals surface area contributed by atoms with E-state index in [-0.39, 0.29) is 11.7 Å². The Kier molecular flexibility index (Phi) is 5.19. The molecule has 0 amide bonds. The third-order valence-corrected chi connectivity index (χ3v) is 11.0. The highest BCUT2D eigenvalue weighted by molar-refractivity contribution is 5.97. The van der Waals surface area contributed by atoms with Gasteiger partial charge in [0.2, 0.25) is 6.41 Å². The fourth-order valence-electron chi connectivity index (χ4n) is 8.94. The van der Waals surface area contributed by atoms with Crippen LogP contribution in [0.5, 0.6) is 0 Å². The number of carbonyl (C=O) groups is 1. The molecule has 1 saturated heterocycles. The molecule has 1 unspecified atom stereocenters. The van der Waals surface area contributed by atoms with Crippen molar-refractivity contribution in [2.75, 3.05) is 6.54 Å². The van der Waals surface area contributed by atoms with Gasteiger partial charge in [0.1, 0.15) is 11.2 Å². The summed E-state index contributed by atoms with van der Waals surface area (Å²) in [6.45, 7) is 12.1. The van der Waals surface area contributed by atoms with E-state index in [0.29, 0.717) is 31.4 Å². The van der Waals surface area contributed by atoms with Crippen molar-refractivity contribution in [3.8, 4) is 0 Å². The number of nitrogens with one attached hydrogen (secondary N) is 2. The fraction of sp³-hybridized carbons (Fsp3) is 0.581. The van der Waals surface area contributed by atoms with Gasteiger partial charge >= 0.3 is 0 Å². The Labute approximate surface area is 228 Å². The number of ketones is 1. The molecule has 208 valence electrons. The third kappa shape index (κ3) is 2.97. The first kappa shape index (κ1) is 25.6. The predicted molar refractivity (Wildman–Crippen MR) is 145 cm³/mol. The van der Waals surface area contributed by atoms with E-state index in [1.807, 2.05) is 19.9 Å². The highest BCUT2D eigenvalue weighted by atomic mass is 16.8. The molecule has 4 N–H and O–H groups in total. The van der Waals surface area contributed by atoms with E-state index in [9.17, 15) is 15.0 Å². The van der Waals surface area contributed by atoms with Crippen LogP contribution < -0.4 is 5.32 Å². The van der Waals surface area contributed by atoms with Crippen LogP contribution in [-0.4, -0.2) is 63.1 Å². The molecule has 5 aliphatic rings. The molecule has 0 radical (unpaired) electrons. The highest BCUT2D eigenvalue weighted by Crippen LogP contribution is 2.72. The maximum absolute atomic E-state index is 13.4. The second-order valence-corrected chi connectivity index (χ2v) is 13.1. The van der Waals surface area contributed by atoms with E-state index in [4.69, 9.17) is 14.2 Å². The average molecular weight is 535 g/mol. The molecule has 2 bridgehead atoms. The fourth-order valence-corrected chi connectivity index (χ4v) is 8.94. The van der Waals surface area contributed by atoms with Gasteiger partial charge in [-0.05, 0) is 56.7 Å². The quantitative estimate of drug-likeness (QED) is 0.344. The second-order valence-electron chi connectivity index (χ2n) is 13.1. The Morgan fingerprint density at radius 1 is 1.26 bits per heavy atom. The van der Waals surface area contributed by atoms with Crippen molar-refractivity contribution in [3.05, 3.63) is 59.8 Å².